The molecule has 1 rings (SSSR count). The van der Waals surface area contributed by atoms with Crippen LogP contribution in [0.25, 0.3) is 0 Å². The summed E-state index contributed by atoms with van der Waals surface area (Å²) in [6, 6.07) is 6.37. The van der Waals surface area contributed by atoms with E-state index < -0.39 is 0 Å². The standard InChI is InChI=1S/C11H16O.2ClH.Ti/c1-8-5-9(11(2,3)4)7-10(12)6-8;;;/h5-7,12H,1-4H3;2*1H;/q;;;+3/p-3. The van der Waals surface area contributed by atoms with E-state index in [1.54, 1.807) is 20.8 Å². The minimum Gasteiger partial charge on any atom is -1.00 e. The molecule has 1 nitrogen and oxygen atoms in total. The van der Waals surface area contributed by atoms with Crippen molar-refractivity contribution in [1.29, 1.82) is 0 Å². The summed E-state index contributed by atoms with van der Waals surface area (Å²) in [5, 5.41) is 0. The van der Waals surface area contributed by atoms with Gasteiger partial charge in [-0.1, -0.05) is 0 Å². The Morgan fingerprint density at radius 3 is 2.00 bits per heavy atom. The van der Waals surface area contributed by atoms with E-state index in [1.807, 2.05) is 0 Å². The summed E-state index contributed by atoms with van der Waals surface area (Å²) >= 11 is 1.71. The SMILES string of the molecule is Cc1cc([O][Ti+2])cc(C(C)(C)C)c1.[Cl-].[Cl-]. The maximum Gasteiger partial charge on any atom is -1.00 e. The van der Waals surface area contributed by atoms with Crippen molar-refractivity contribution in [2.24, 2.45) is 0 Å². The smallest absolute Gasteiger partial charge is 1.00 e. The molecule has 4 heteroatoms. The normalized spacial score (nSPS) is 10.0. The molecule has 0 aliphatic heterocycles. The van der Waals surface area contributed by atoms with Gasteiger partial charge < -0.3 is 24.8 Å². The van der Waals surface area contributed by atoms with Gasteiger partial charge in [0.2, 0.25) is 0 Å². The van der Waals surface area contributed by atoms with Gasteiger partial charge in [0.15, 0.2) is 0 Å². The van der Waals surface area contributed by atoms with Gasteiger partial charge >= 0.3 is 92.3 Å². The molecule has 0 aliphatic carbocycles. The van der Waals surface area contributed by atoms with Crippen molar-refractivity contribution in [2.75, 3.05) is 0 Å². The van der Waals surface area contributed by atoms with Crippen molar-refractivity contribution >= 4 is 0 Å². The van der Waals surface area contributed by atoms with Gasteiger partial charge in [-0.15, -0.1) is 0 Å². The van der Waals surface area contributed by atoms with E-state index in [4.69, 9.17) is 3.32 Å². The molecule has 0 atom stereocenters. The van der Waals surface area contributed by atoms with Crippen molar-refractivity contribution in [3.63, 3.8) is 0 Å². The van der Waals surface area contributed by atoms with Crippen LogP contribution in [0.15, 0.2) is 18.2 Å². The molecule has 0 unspecified atom stereocenters. The second-order valence-electron chi connectivity index (χ2n) is 4.39. The molecule has 0 amide bonds. The van der Waals surface area contributed by atoms with E-state index in [0.717, 1.165) is 5.75 Å². The fraction of sp³-hybridized carbons (Fsp3) is 0.455. The number of aryl methyl sites for hydroxylation is 1. The van der Waals surface area contributed by atoms with E-state index >= 15 is 0 Å². The Balaban J connectivity index is 0. The van der Waals surface area contributed by atoms with Gasteiger partial charge in [-0.3, -0.25) is 0 Å². The third-order valence-corrected chi connectivity index (χ3v) is 2.40. The topological polar surface area (TPSA) is 9.23 Å². The Morgan fingerprint density at radius 2 is 1.60 bits per heavy atom. The summed E-state index contributed by atoms with van der Waals surface area (Å²) in [6.07, 6.45) is 0. The molecule has 0 radical (unpaired) electrons. The molecular weight excluding hydrogens is 267 g/mol. The van der Waals surface area contributed by atoms with Gasteiger partial charge in [-0.2, -0.15) is 0 Å². The maximum atomic E-state index is 5.23. The number of rotatable bonds is 1. The van der Waals surface area contributed by atoms with E-state index in [-0.39, 0.29) is 30.2 Å². The average molecular weight is 282 g/mol. The number of hydrogen-bond acceptors (Lipinski definition) is 1. The van der Waals surface area contributed by atoms with Crippen LogP contribution in [0.1, 0.15) is 31.9 Å². The summed E-state index contributed by atoms with van der Waals surface area (Å²) in [5.74, 6) is 0.949. The van der Waals surface area contributed by atoms with Crippen LogP contribution >= 0.6 is 0 Å². The molecule has 0 saturated carbocycles. The molecule has 0 aliphatic rings. The average Bonchev–Trinajstić information content (AvgIpc) is 2.01. The molecule has 83 valence electrons. The molecule has 15 heavy (non-hydrogen) atoms. The molecular formula is C11H15Cl2OTi. The Labute approximate surface area is 117 Å². The predicted octanol–water partition coefficient (Wildman–Crippen LogP) is -2.86. The van der Waals surface area contributed by atoms with E-state index in [0.29, 0.717) is 0 Å². The first-order valence-corrected chi connectivity index (χ1v) is 5.03. The Hall–Kier alpha value is 0.314. The van der Waals surface area contributed by atoms with Gasteiger partial charge in [0.05, 0.1) is 0 Å². The molecule has 1 aromatic carbocycles. The van der Waals surface area contributed by atoms with Crippen LogP contribution in [0.3, 0.4) is 0 Å². The summed E-state index contributed by atoms with van der Waals surface area (Å²) in [4.78, 5) is 0. The van der Waals surface area contributed by atoms with Crippen molar-refractivity contribution in [2.45, 2.75) is 33.1 Å². The van der Waals surface area contributed by atoms with Gasteiger partial charge in [0.25, 0.3) is 0 Å². The van der Waals surface area contributed by atoms with E-state index in [2.05, 4.69) is 45.9 Å². The predicted molar refractivity (Wildman–Crippen MR) is 50.5 cm³/mol. The number of hydrogen-bond donors (Lipinski definition) is 0. The molecule has 0 spiro atoms. The first-order chi connectivity index (χ1) is 5.93. The Kier molecular flexibility index (Phi) is 8.03. The fourth-order valence-electron chi connectivity index (χ4n) is 1.24. The van der Waals surface area contributed by atoms with Crippen LogP contribution in [-0.4, -0.2) is 0 Å². The molecule has 0 N–H and O–H groups in total. The van der Waals surface area contributed by atoms with Crippen LogP contribution < -0.4 is 28.1 Å². The molecule has 0 saturated heterocycles. The Bertz CT molecular complexity index is 308. The van der Waals surface area contributed by atoms with Crippen LogP contribution in [0.5, 0.6) is 5.75 Å². The van der Waals surface area contributed by atoms with Crippen LogP contribution in [-0.2, 0) is 26.2 Å². The monoisotopic (exact) mass is 281 g/mol. The summed E-state index contributed by atoms with van der Waals surface area (Å²) in [6.45, 7) is 8.72. The van der Waals surface area contributed by atoms with Crippen molar-refractivity contribution in [3.8, 4) is 5.75 Å². The maximum absolute atomic E-state index is 5.23. The van der Waals surface area contributed by atoms with Gasteiger partial charge in [-0.25, -0.2) is 0 Å². The third kappa shape index (κ3) is 5.26. The first kappa shape index (κ1) is 17.7. The molecule has 0 fully saturated rings. The van der Waals surface area contributed by atoms with Crippen molar-refractivity contribution in [3.05, 3.63) is 29.3 Å². The van der Waals surface area contributed by atoms with Gasteiger partial charge in [0.1, 0.15) is 0 Å². The van der Waals surface area contributed by atoms with Crippen molar-refractivity contribution < 1.29 is 49.0 Å². The first-order valence-electron chi connectivity index (χ1n) is 4.39. The molecule has 1 aromatic rings. The molecule has 0 bridgehead atoms. The summed E-state index contributed by atoms with van der Waals surface area (Å²) in [5.41, 5.74) is 2.77. The number of halogens is 2. The van der Waals surface area contributed by atoms with Gasteiger partial charge in [0, 0.05) is 0 Å². The zero-order chi connectivity index (χ0) is 10.1. The van der Waals surface area contributed by atoms with E-state index in [9.17, 15) is 0 Å². The zero-order valence-corrected chi connectivity index (χ0v) is 12.5. The minimum atomic E-state index is 0. The zero-order valence-electron chi connectivity index (χ0n) is 9.40. The van der Waals surface area contributed by atoms with Crippen LogP contribution in [0.2, 0.25) is 0 Å². The third-order valence-electron chi connectivity index (χ3n) is 2.03. The summed E-state index contributed by atoms with van der Waals surface area (Å²) < 4.78 is 5.23. The minimum absolute atomic E-state index is 0. The number of benzene rings is 1. The fourth-order valence-corrected chi connectivity index (χ4v) is 1.42. The van der Waals surface area contributed by atoms with Crippen molar-refractivity contribution in [1.82, 2.24) is 0 Å². The Morgan fingerprint density at radius 1 is 1.07 bits per heavy atom. The van der Waals surface area contributed by atoms with E-state index in [1.165, 1.54) is 11.1 Å². The van der Waals surface area contributed by atoms with Crippen LogP contribution in [0, 0.1) is 6.92 Å². The summed E-state index contributed by atoms with van der Waals surface area (Å²) in [7, 11) is 0. The second kappa shape index (κ2) is 6.80. The molecule has 0 heterocycles. The quantitative estimate of drug-likeness (QED) is 0.504. The van der Waals surface area contributed by atoms with Crippen LogP contribution in [0.4, 0.5) is 0 Å². The molecule has 0 aromatic heterocycles. The second-order valence-corrected chi connectivity index (χ2v) is 4.71. The van der Waals surface area contributed by atoms with Gasteiger partial charge in [-0.05, 0) is 0 Å². The largest absolute Gasteiger partial charge is 1.00 e.